The molecule has 12 heteroatoms. The van der Waals surface area contributed by atoms with E-state index in [-0.39, 0.29) is 29.9 Å². The fraction of sp³-hybridized carbons (Fsp3) is 0.462. The first kappa shape index (κ1) is 17.6. The van der Waals surface area contributed by atoms with Crippen molar-refractivity contribution in [2.24, 2.45) is 0 Å². The third kappa shape index (κ3) is 4.07. The van der Waals surface area contributed by atoms with Crippen molar-refractivity contribution in [3.63, 3.8) is 0 Å². The van der Waals surface area contributed by atoms with Crippen molar-refractivity contribution in [2.45, 2.75) is 18.7 Å². The van der Waals surface area contributed by atoms with Crippen LogP contribution in [0.4, 0.5) is 13.2 Å². The predicted molar refractivity (Wildman–Crippen MR) is 78.0 cm³/mol. The summed E-state index contributed by atoms with van der Waals surface area (Å²) >= 11 is 0. The second-order valence-corrected chi connectivity index (χ2v) is 7.44. The van der Waals surface area contributed by atoms with E-state index in [1.807, 2.05) is 0 Å². The summed E-state index contributed by atoms with van der Waals surface area (Å²) in [6.07, 6.45) is -2.15. The summed E-state index contributed by atoms with van der Waals surface area (Å²) in [5, 5.41) is 3.26. The fourth-order valence-corrected chi connectivity index (χ4v) is 3.18. The van der Waals surface area contributed by atoms with Crippen LogP contribution in [0.2, 0.25) is 0 Å². The molecule has 0 bridgehead atoms. The second kappa shape index (κ2) is 6.26. The lowest BCUT2D eigenvalue weighted by atomic mass is 10.2. The van der Waals surface area contributed by atoms with Crippen LogP contribution >= 0.6 is 0 Å². The smallest absolute Gasteiger partial charge is 0.471 e. The summed E-state index contributed by atoms with van der Waals surface area (Å²) in [4.78, 5) is 7.25. The number of nitrogens with zero attached hydrogens (tertiary/aromatic N) is 4. The molecule has 2 aromatic rings. The molecule has 3 heterocycles. The van der Waals surface area contributed by atoms with E-state index in [0.717, 1.165) is 6.26 Å². The minimum Gasteiger partial charge on any atom is -0.473 e. The topological polar surface area (TPSA) is 98.4 Å². The molecule has 136 valence electrons. The van der Waals surface area contributed by atoms with Gasteiger partial charge in [0.1, 0.15) is 6.10 Å². The zero-order valence-corrected chi connectivity index (χ0v) is 13.7. The molecule has 0 amide bonds. The molecular weight excluding hydrogens is 365 g/mol. The summed E-state index contributed by atoms with van der Waals surface area (Å²) in [6, 6.07) is 2.89. The molecule has 0 radical (unpaired) electrons. The van der Waals surface area contributed by atoms with E-state index >= 15 is 0 Å². The van der Waals surface area contributed by atoms with Gasteiger partial charge in [-0.3, -0.25) is 0 Å². The van der Waals surface area contributed by atoms with E-state index in [4.69, 9.17) is 4.74 Å². The Labute approximate surface area is 140 Å². The van der Waals surface area contributed by atoms with Crippen molar-refractivity contribution in [3.05, 3.63) is 24.2 Å². The maximum absolute atomic E-state index is 12.4. The van der Waals surface area contributed by atoms with Crippen molar-refractivity contribution in [1.82, 2.24) is 19.4 Å². The van der Waals surface area contributed by atoms with Gasteiger partial charge in [-0.25, -0.2) is 13.4 Å². The van der Waals surface area contributed by atoms with Crippen molar-refractivity contribution in [3.8, 4) is 17.3 Å². The van der Waals surface area contributed by atoms with Gasteiger partial charge in [0.05, 0.1) is 12.8 Å². The number of hydrogen-bond donors (Lipinski definition) is 0. The van der Waals surface area contributed by atoms with Crippen LogP contribution in [0.5, 0.6) is 5.88 Å². The number of sulfonamides is 1. The van der Waals surface area contributed by atoms with Crippen molar-refractivity contribution >= 4 is 10.0 Å². The molecule has 0 saturated carbocycles. The zero-order valence-electron chi connectivity index (χ0n) is 12.9. The Hall–Kier alpha value is -2.21. The highest BCUT2D eigenvalue weighted by atomic mass is 32.2. The first-order chi connectivity index (χ1) is 11.6. The standard InChI is InChI=1S/C13H13F3N4O4S/c1-25(21,22)20-5-4-9(7-20)23-10-3-2-8(6-17-10)11-18-12(24-19-11)13(14,15)16/h2-3,6,9H,4-5,7H2,1H3. The minimum absolute atomic E-state index is 0.224. The van der Waals surface area contributed by atoms with Gasteiger partial charge < -0.3 is 9.26 Å². The van der Waals surface area contributed by atoms with Gasteiger partial charge in [0.25, 0.3) is 0 Å². The molecular formula is C13H13F3N4O4S. The molecule has 1 fully saturated rings. The molecule has 0 aliphatic carbocycles. The number of rotatable bonds is 4. The van der Waals surface area contributed by atoms with E-state index in [0.29, 0.717) is 13.0 Å². The lowest BCUT2D eigenvalue weighted by molar-refractivity contribution is -0.159. The molecule has 1 atom stereocenters. The molecule has 25 heavy (non-hydrogen) atoms. The van der Waals surface area contributed by atoms with Crippen LogP contribution in [0.25, 0.3) is 11.4 Å². The molecule has 1 aliphatic heterocycles. The van der Waals surface area contributed by atoms with Crippen LogP contribution in [-0.4, -0.2) is 53.3 Å². The van der Waals surface area contributed by atoms with Gasteiger partial charge in [-0.2, -0.15) is 22.5 Å². The van der Waals surface area contributed by atoms with E-state index < -0.39 is 22.1 Å². The SMILES string of the molecule is CS(=O)(=O)N1CCC(Oc2ccc(-c3noc(C(F)(F)F)n3)cn2)C1. The summed E-state index contributed by atoms with van der Waals surface area (Å²) in [7, 11) is -3.27. The number of aromatic nitrogens is 3. The number of ether oxygens (including phenoxy) is 1. The van der Waals surface area contributed by atoms with E-state index in [1.54, 1.807) is 0 Å². The largest absolute Gasteiger partial charge is 0.473 e. The van der Waals surface area contributed by atoms with Crippen LogP contribution in [0.3, 0.4) is 0 Å². The Bertz CT molecular complexity index is 851. The van der Waals surface area contributed by atoms with Crippen molar-refractivity contribution < 1.29 is 30.8 Å². The van der Waals surface area contributed by atoms with E-state index in [1.165, 1.54) is 22.6 Å². The average Bonchev–Trinajstić information content (AvgIpc) is 3.15. The number of hydrogen-bond acceptors (Lipinski definition) is 7. The fourth-order valence-electron chi connectivity index (χ4n) is 2.30. The zero-order chi connectivity index (χ0) is 18.2. The Morgan fingerprint density at radius 1 is 1.36 bits per heavy atom. The molecule has 0 spiro atoms. The van der Waals surface area contributed by atoms with Crippen molar-refractivity contribution in [1.29, 1.82) is 0 Å². The van der Waals surface area contributed by atoms with Crippen LogP contribution in [0.1, 0.15) is 12.3 Å². The average molecular weight is 378 g/mol. The van der Waals surface area contributed by atoms with Gasteiger partial charge >= 0.3 is 12.1 Å². The minimum atomic E-state index is -4.71. The summed E-state index contributed by atoms with van der Waals surface area (Å²) in [6.45, 7) is 0.590. The van der Waals surface area contributed by atoms with Gasteiger partial charge in [0, 0.05) is 24.4 Å². The first-order valence-electron chi connectivity index (χ1n) is 7.12. The maximum Gasteiger partial charge on any atom is 0.471 e. The van der Waals surface area contributed by atoms with E-state index in [2.05, 4.69) is 19.6 Å². The Morgan fingerprint density at radius 3 is 2.64 bits per heavy atom. The Kier molecular flexibility index (Phi) is 4.41. The highest BCUT2D eigenvalue weighted by Crippen LogP contribution is 2.29. The molecule has 8 nitrogen and oxygen atoms in total. The lowest BCUT2D eigenvalue weighted by Gasteiger charge is -2.14. The molecule has 0 N–H and O–H groups in total. The van der Waals surface area contributed by atoms with Crippen molar-refractivity contribution in [2.75, 3.05) is 19.3 Å². The highest BCUT2D eigenvalue weighted by molar-refractivity contribution is 7.88. The Balaban J connectivity index is 1.66. The molecule has 1 saturated heterocycles. The van der Waals surface area contributed by atoms with Gasteiger partial charge in [-0.1, -0.05) is 5.16 Å². The molecule has 1 unspecified atom stereocenters. The molecule has 0 aromatic carbocycles. The predicted octanol–water partition coefficient (Wildman–Crippen LogP) is 1.56. The summed E-state index contributed by atoms with van der Waals surface area (Å²) < 4.78 is 71.3. The second-order valence-electron chi connectivity index (χ2n) is 5.46. The summed E-state index contributed by atoms with van der Waals surface area (Å²) in [5.41, 5.74) is 0.232. The third-order valence-corrected chi connectivity index (χ3v) is 4.80. The highest BCUT2D eigenvalue weighted by Gasteiger charge is 2.38. The maximum atomic E-state index is 12.4. The van der Waals surface area contributed by atoms with Crippen LogP contribution < -0.4 is 4.74 Å². The first-order valence-corrected chi connectivity index (χ1v) is 8.97. The van der Waals surface area contributed by atoms with Crippen LogP contribution in [0, 0.1) is 0 Å². The Morgan fingerprint density at radius 2 is 2.12 bits per heavy atom. The molecule has 3 rings (SSSR count). The third-order valence-electron chi connectivity index (χ3n) is 3.53. The molecule has 2 aromatic heterocycles. The number of alkyl halides is 3. The van der Waals surface area contributed by atoms with Gasteiger partial charge in [0.2, 0.25) is 21.7 Å². The normalized spacial score (nSPS) is 19.3. The van der Waals surface area contributed by atoms with E-state index in [9.17, 15) is 21.6 Å². The molecule has 1 aliphatic rings. The van der Waals surface area contributed by atoms with Gasteiger partial charge in [0.15, 0.2) is 0 Å². The van der Waals surface area contributed by atoms with Gasteiger partial charge in [-0.15, -0.1) is 0 Å². The number of halogens is 3. The quantitative estimate of drug-likeness (QED) is 0.796. The summed E-state index contributed by atoms with van der Waals surface area (Å²) in [5.74, 6) is -1.45. The van der Waals surface area contributed by atoms with Gasteiger partial charge in [-0.05, 0) is 12.5 Å². The number of pyridine rings is 1. The monoisotopic (exact) mass is 378 g/mol. The van der Waals surface area contributed by atoms with Crippen LogP contribution in [0.15, 0.2) is 22.9 Å². The lowest BCUT2D eigenvalue weighted by Crippen LogP contribution is -2.30. The van der Waals surface area contributed by atoms with Crippen LogP contribution in [-0.2, 0) is 16.2 Å².